The van der Waals surface area contributed by atoms with Crippen LogP contribution in [0.15, 0.2) is 24.3 Å². The van der Waals surface area contributed by atoms with E-state index in [1.165, 1.54) is 0 Å². The summed E-state index contributed by atoms with van der Waals surface area (Å²) in [6, 6.07) is 8.09. The van der Waals surface area contributed by atoms with Gasteiger partial charge in [0, 0.05) is 37.9 Å². The molecule has 1 aliphatic heterocycles. The second-order valence-electron chi connectivity index (χ2n) is 5.04. The smallest absolute Gasteiger partial charge is 0.253 e. The van der Waals surface area contributed by atoms with Crippen molar-refractivity contribution in [1.29, 1.82) is 0 Å². The number of para-hydroxylation sites is 1. The molecule has 1 atom stereocenters. The van der Waals surface area contributed by atoms with Gasteiger partial charge < -0.3 is 15.5 Å². The average molecular weight is 261 g/mol. The van der Waals surface area contributed by atoms with Crippen LogP contribution in [-0.4, -0.2) is 38.1 Å². The molecule has 4 nitrogen and oxygen atoms in total. The number of carbonyl (C=O) groups is 1. The summed E-state index contributed by atoms with van der Waals surface area (Å²) < 4.78 is 0. The van der Waals surface area contributed by atoms with Crippen molar-refractivity contribution in [2.24, 2.45) is 0 Å². The molecule has 1 aliphatic rings. The minimum atomic E-state index is 0.0310. The first-order chi connectivity index (χ1) is 9.22. The molecule has 1 unspecified atom stereocenters. The van der Waals surface area contributed by atoms with Crippen LogP contribution in [-0.2, 0) is 0 Å². The van der Waals surface area contributed by atoms with E-state index in [9.17, 15) is 4.79 Å². The fraction of sp³-hybridized carbons (Fsp3) is 0.533. The number of nitrogens with zero attached hydrogens (tertiary/aromatic N) is 1. The highest BCUT2D eigenvalue weighted by Crippen LogP contribution is 2.20. The lowest BCUT2D eigenvalue weighted by molar-refractivity contribution is 0.0939. The Morgan fingerprint density at radius 2 is 2.05 bits per heavy atom. The van der Waals surface area contributed by atoms with Gasteiger partial charge in [0.1, 0.15) is 0 Å². The van der Waals surface area contributed by atoms with Gasteiger partial charge >= 0.3 is 0 Å². The second-order valence-corrected chi connectivity index (χ2v) is 5.04. The molecule has 0 bridgehead atoms. The zero-order chi connectivity index (χ0) is 13.7. The average Bonchev–Trinajstić information content (AvgIpc) is 2.48. The third kappa shape index (κ3) is 3.47. The first-order valence-corrected chi connectivity index (χ1v) is 7.08. The van der Waals surface area contributed by atoms with Crippen LogP contribution < -0.4 is 15.5 Å². The summed E-state index contributed by atoms with van der Waals surface area (Å²) in [7, 11) is 0. The van der Waals surface area contributed by atoms with Gasteiger partial charge in [0.2, 0.25) is 0 Å². The van der Waals surface area contributed by atoms with E-state index in [1.807, 2.05) is 31.2 Å². The molecule has 1 aromatic rings. The number of carbonyl (C=O) groups excluding carboxylic acids is 1. The molecule has 4 heteroatoms. The van der Waals surface area contributed by atoms with Crippen molar-refractivity contribution >= 4 is 11.6 Å². The number of hydrogen-bond acceptors (Lipinski definition) is 3. The van der Waals surface area contributed by atoms with Crippen molar-refractivity contribution in [2.75, 3.05) is 31.1 Å². The lowest BCUT2D eigenvalue weighted by Gasteiger charge is -2.31. The lowest BCUT2D eigenvalue weighted by atomic mass is 10.1. The summed E-state index contributed by atoms with van der Waals surface area (Å²) >= 11 is 0. The van der Waals surface area contributed by atoms with Crippen molar-refractivity contribution in [3.63, 3.8) is 0 Å². The van der Waals surface area contributed by atoms with Gasteiger partial charge in [-0.25, -0.2) is 0 Å². The van der Waals surface area contributed by atoms with E-state index >= 15 is 0 Å². The number of rotatable bonds is 4. The summed E-state index contributed by atoms with van der Waals surface area (Å²) in [5.74, 6) is 0.0310. The Morgan fingerprint density at radius 1 is 1.37 bits per heavy atom. The highest BCUT2D eigenvalue weighted by Gasteiger charge is 2.18. The maximum atomic E-state index is 12.3. The first kappa shape index (κ1) is 13.9. The number of piperazine rings is 1. The van der Waals surface area contributed by atoms with Crippen LogP contribution in [0.25, 0.3) is 0 Å². The topological polar surface area (TPSA) is 44.4 Å². The Labute approximate surface area is 115 Å². The fourth-order valence-corrected chi connectivity index (χ4v) is 2.25. The summed E-state index contributed by atoms with van der Waals surface area (Å²) in [6.07, 6.45) is 0.946. The van der Waals surface area contributed by atoms with Crippen LogP contribution in [0.5, 0.6) is 0 Å². The van der Waals surface area contributed by atoms with Crippen molar-refractivity contribution in [3.8, 4) is 0 Å². The summed E-state index contributed by atoms with van der Waals surface area (Å²) in [4.78, 5) is 14.6. The van der Waals surface area contributed by atoms with Gasteiger partial charge in [-0.2, -0.15) is 0 Å². The Bertz CT molecular complexity index is 427. The number of amides is 1. The zero-order valence-corrected chi connectivity index (χ0v) is 11.8. The van der Waals surface area contributed by atoms with Gasteiger partial charge in [0.15, 0.2) is 0 Å². The standard InChI is InChI=1S/C15H23N3O/c1-3-12(2)17-15(19)13-6-4-5-7-14(13)18-10-8-16-9-11-18/h4-7,12,16H,3,8-11H2,1-2H3,(H,17,19). The van der Waals surface area contributed by atoms with Gasteiger partial charge in [0.05, 0.1) is 5.56 Å². The van der Waals surface area contributed by atoms with E-state index in [2.05, 4.69) is 22.5 Å². The molecule has 0 radical (unpaired) electrons. The maximum Gasteiger partial charge on any atom is 0.253 e. The van der Waals surface area contributed by atoms with Crippen LogP contribution in [0.3, 0.4) is 0 Å². The molecule has 1 amide bonds. The van der Waals surface area contributed by atoms with Gasteiger partial charge in [-0.05, 0) is 25.5 Å². The third-order valence-corrected chi connectivity index (χ3v) is 3.60. The number of nitrogens with one attached hydrogen (secondary N) is 2. The van der Waals surface area contributed by atoms with Crippen LogP contribution in [0.4, 0.5) is 5.69 Å². The van der Waals surface area contributed by atoms with Gasteiger partial charge in [-0.1, -0.05) is 19.1 Å². The predicted molar refractivity (Wildman–Crippen MR) is 78.7 cm³/mol. The molecule has 2 rings (SSSR count). The zero-order valence-electron chi connectivity index (χ0n) is 11.8. The van der Waals surface area contributed by atoms with Crippen LogP contribution in [0.2, 0.25) is 0 Å². The predicted octanol–water partition coefficient (Wildman–Crippen LogP) is 1.62. The number of anilines is 1. The van der Waals surface area contributed by atoms with Crippen LogP contribution in [0, 0.1) is 0 Å². The summed E-state index contributed by atoms with van der Waals surface area (Å²) in [5.41, 5.74) is 1.83. The van der Waals surface area contributed by atoms with E-state index < -0.39 is 0 Å². The molecular weight excluding hydrogens is 238 g/mol. The monoisotopic (exact) mass is 261 g/mol. The first-order valence-electron chi connectivity index (χ1n) is 7.08. The van der Waals surface area contributed by atoms with Gasteiger partial charge in [0.25, 0.3) is 5.91 Å². The molecule has 19 heavy (non-hydrogen) atoms. The molecule has 1 aromatic carbocycles. The Morgan fingerprint density at radius 3 is 2.74 bits per heavy atom. The van der Waals surface area contributed by atoms with Crippen molar-refractivity contribution in [2.45, 2.75) is 26.3 Å². The quantitative estimate of drug-likeness (QED) is 0.866. The lowest BCUT2D eigenvalue weighted by Crippen LogP contribution is -2.44. The SMILES string of the molecule is CCC(C)NC(=O)c1ccccc1N1CCNCC1. The third-order valence-electron chi connectivity index (χ3n) is 3.60. The van der Waals surface area contributed by atoms with E-state index in [4.69, 9.17) is 0 Å². The molecule has 0 aromatic heterocycles. The molecule has 104 valence electrons. The molecule has 0 saturated carbocycles. The van der Waals surface area contributed by atoms with Crippen molar-refractivity contribution in [1.82, 2.24) is 10.6 Å². The van der Waals surface area contributed by atoms with E-state index in [0.29, 0.717) is 0 Å². The summed E-state index contributed by atoms with van der Waals surface area (Å²) in [6.45, 7) is 7.96. The number of benzene rings is 1. The maximum absolute atomic E-state index is 12.3. The van der Waals surface area contributed by atoms with E-state index in [0.717, 1.165) is 43.9 Å². The Hall–Kier alpha value is -1.55. The molecule has 1 heterocycles. The minimum absolute atomic E-state index is 0.0310. The Balaban J connectivity index is 2.17. The second kappa shape index (κ2) is 6.57. The van der Waals surface area contributed by atoms with E-state index in [1.54, 1.807) is 0 Å². The van der Waals surface area contributed by atoms with Crippen LogP contribution in [0.1, 0.15) is 30.6 Å². The fourth-order valence-electron chi connectivity index (χ4n) is 2.25. The summed E-state index contributed by atoms with van der Waals surface area (Å²) in [5, 5.41) is 6.38. The molecule has 0 aliphatic carbocycles. The van der Waals surface area contributed by atoms with Crippen molar-refractivity contribution < 1.29 is 4.79 Å². The van der Waals surface area contributed by atoms with Gasteiger partial charge in [-0.3, -0.25) is 4.79 Å². The number of hydrogen-bond donors (Lipinski definition) is 2. The minimum Gasteiger partial charge on any atom is -0.368 e. The molecule has 1 saturated heterocycles. The normalized spacial score (nSPS) is 17.1. The van der Waals surface area contributed by atoms with E-state index in [-0.39, 0.29) is 11.9 Å². The Kier molecular flexibility index (Phi) is 4.80. The highest BCUT2D eigenvalue weighted by molar-refractivity contribution is 6.00. The van der Waals surface area contributed by atoms with Crippen LogP contribution >= 0.6 is 0 Å². The molecule has 1 fully saturated rings. The highest BCUT2D eigenvalue weighted by atomic mass is 16.1. The van der Waals surface area contributed by atoms with Crippen molar-refractivity contribution in [3.05, 3.63) is 29.8 Å². The largest absolute Gasteiger partial charge is 0.368 e. The molecular formula is C15H23N3O. The molecule has 2 N–H and O–H groups in total. The molecule has 0 spiro atoms. The van der Waals surface area contributed by atoms with Gasteiger partial charge in [-0.15, -0.1) is 0 Å².